The fourth-order valence-electron chi connectivity index (χ4n) is 2.92. The van der Waals surface area contributed by atoms with E-state index in [-0.39, 0.29) is 32.5 Å². The zero-order valence-electron chi connectivity index (χ0n) is 15.3. The summed E-state index contributed by atoms with van der Waals surface area (Å²) in [6.45, 7) is 3.94. The molecule has 3 rings (SSSR count). The van der Waals surface area contributed by atoms with Crippen LogP contribution in [0.25, 0.3) is 0 Å². The molecule has 11 heteroatoms. The third-order valence-corrected chi connectivity index (χ3v) is 7.82. The molecule has 2 N–H and O–H groups in total. The number of amides is 1. The smallest absolute Gasteiger partial charge is 0.259 e. The molecule has 0 saturated heterocycles. The Hall–Kier alpha value is -1.26. The van der Waals surface area contributed by atoms with Crippen LogP contribution in [0.5, 0.6) is 0 Å². The van der Waals surface area contributed by atoms with Crippen LogP contribution in [0.15, 0.2) is 17.0 Å². The summed E-state index contributed by atoms with van der Waals surface area (Å²) in [4.78, 5) is 12.5. The summed E-state index contributed by atoms with van der Waals surface area (Å²) < 4.78 is 28.1. The molecule has 7 nitrogen and oxygen atoms in total. The van der Waals surface area contributed by atoms with Crippen LogP contribution in [0.4, 0.5) is 5.13 Å². The normalized spacial score (nSPS) is 15.3. The summed E-state index contributed by atoms with van der Waals surface area (Å²) in [6.07, 6.45) is 3.53. The van der Waals surface area contributed by atoms with Crippen LogP contribution < -0.4 is 10.0 Å². The molecule has 1 aromatic heterocycles. The standard InChI is InChI=1S/C17H20Cl2N4O3S2/c1-9(2)16-21-22-17(27-16)20-15(24)11-7-14(13(19)8-12(11)18)28(25,26)23-10-5-3-4-6-10/h7-10,23H,3-6H2,1-2H3,(H,20,22,24). The van der Waals surface area contributed by atoms with E-state index in [9.17, 15) is 13.2 Å². The van der Waals surface area contributed by atoms with Crippen molar-refractivity contribution in [3.05, 3.63) is 32.7 Å². The maximum atomic E-state index is 12.7. The molecule has 28 heavy (non-hydrogen) atoms. The van der Waals surface area contributed by atoms with Crippen LogP contribution in [0.2, 0.25) is 10.0 Å². The lowest BCUT2D eigenvalue weighted by atomic mass is 10.2. The average molecular weight is 463 g/mol. The molecule has 152 valence electrons. The van der Waals surface area contributed by atoms with E-state index in [1.807, 2.05) is 13.8 Å². The molecule has 2 aromatic rings. The predicted molar refractivity (Wildman–Crippen MR) is 111 cm³/mol. The van der Waals surface area contributed by atoms with Crippen molar-refractivity contribution in [2.45, 2.75) is 56.4 Å². The molecule has 1 aliphatic carbocycles. The van der Waals surface area contributed by atoms with Crippen LogP contribution >= 0.6 is 34.5 Å². The number of aromatic nitrogens is 2. The molecular formula is C17H20Cl2N4O3S2. The van der Waals surface area contributed by atoms with Gasteiger partial charge >= 0.3 is 0 Å². The molecule has 1 saturated carbocycles. The maximum absolute atomic E-state index is 12.7. The van der Waals surface area contributed by atoms with Gasteiger partial charge in [0.05, 0.1) is 15.6 Å². The third kappa shape index (κ3) is 4.83. The highest BCUT2D eigenvalue weighted by atomic mass is 35.5. The van der Waals surface area contributed by atoms with E-state index in [4.69, 9.17) is 23.2 Å². The van der Waals surface area contributed by atoms with Gasteiger partial charge in [-0.2, -0.15) is 0 Å². The molecule has 1 heterocycles. The van der Waals surface area contributed by atoms with Gasteiger partial charge in [0.2, 0.25) is 15.2 Å². The monoisotopic (exact) mass is 462 g/mol. The van der Waals surface area contributed by atoms with Crippen molar-refractivity contribution in [2.24, 2.45) is 0 Å². The van der Waals surface area contributed by atoms with E-state index in [2.05, 4.69) is 20.2 Å². The molecule has 1 amide bonds. The Balaban J connectivity index is 1.86. The maximum Gasteiger partial charge on any atom is 0.259 e. The second-order valence-corrected chi connectivity index (χ2v) is 10.4. The molecule has 0 atom stereocenters. The lowest BCUT2D eigenvalue weighted by Crippen LogP contribution is -2.33. The number of anilines is 1. The second kappa shape index (κ2) is 8.62. The molecular weight excluding hydrogens is 443 g/mol. The number of carbonyl (C=O) groups excluding carboxylic acids is 1. The Bertz CT molecular complexity index is 986. The first-order valence-corrected chi connectivity index (χ1v) is 11.9. The van der Waals surface area contributed by atoms with Gasteiger partial charge in [-0.05, 0) is 25.0 Å². The quantitative estimate of drug-likeness (QED) is 0.660. The Labute approximate surface area is 177 Å². The third-order valence-electron chi connectivity index (χ3n) is 4.39. The van der Waals surface area contributed by atoms with Gasteiger partial charge in [0, 0.05) is 12.0 Å². The first-order chi connectivity index (χ1) is 13.2. The summed E-state index contributed by atoms with van der Waals surface area (Å²) in [5, 5.41) is 11.6. The van der Waals surface area contributed by atoms with Crippen molar-refractivity contribution in [3.8, 4) is 0 Å². The van der Waals surface area contributed by atoms with Crippen molar-refractivity contribution in [1.29, 1.82) is 0 Å². The fourth-order valence-corrected chi connectivity index (χ4v) is 5.82. The summed E-state index contributed by atoms with van der Waals surface area (Å²) in [5.74, 6) is -0.397. The lowest BCUT2D eigenvalue weighted by Gasteiger charge is -2.15. The van der Waals surface area contributed by atoms with Gasteiger partial charge in [-0.15, -0.1) is 10.2 Å². The zero-order valence-corrected chi connectivity index (χ0v) is 18.5. The number of sulfonamides is 1. The number of hydrogen-bond acceptors (Lipinski definition) is 6. The minimum Gasteiger partial charge on any atom is -0.296 e. The van der Waals surface area contributed by atoms with Gasteiger partial charge in [-0.1, -0.05) is 61.2 Å². The van der Waals surface area contributed by atoms with Gasteiger partial charge < -0.3 is 0 Å². The molecule has 0 unspecified atom stereocenters. The van der Waals surface area contributed by atoms with Crippen LogP contribution in [0.1, 0.15) is 60.8 Å². The topological polar surface area (TPSA) is 101 Å². The van der Waals surface area contributed by atoms with Gasteiger partial charge in [-0.3, -0.25) is 10.1 Å². The zero-order chi connectivity index (χ0) is 20.5. The number of rotatable bonds is 6. The molecule has 0 aliphatic heterocycles. The minimum atomic E-state index is -3.87. The molecule has 1 aliphatic rings. The van der Waals surface area contributed by atoms with Gasteiger partial charge in [0.25, 0.3) is 5.91 Å². The van der Waals surface area contributed by atoms with E-state index in [0.29, 0.717) is 5.13 Å². The molecule has 1 aromatic carbocycles. The number of nitrogens with one attached hydrogen (secondary N) is 2. The Morgan fingerprint density at radius 2 is 1.86 bits per heavy atom. The van der Waals surface area contributed by atoms with Gasteiger partial charge in [-0.25, -0.2) is 13.1 Å². The first-order valence-electron chi connectivity index (χ1n) is 8.83. The van der Waals surface area contributed by atoms with Crippen molar-refractivity contribution >= 4 is 55.6 Å². The highest BCUT2D eigenvalue weighted by molar-refractivity contribution is 7.89. The van der Waals surface area contributed by atoms with Gasteiger partial charge in [0.15, 0.2) is 0 Å². The molecule has 1 fully saturated rings. The number of hydrogen-bond donors (Lipinski definition) is 2. The van der Waals surface area contributed by atoms with Gasteiger partial charge in [0.1, 0.15) is 9.90 Å². The largest absolute Gasteiger partial charge is 0.296 e. The number of carbonyl (C=O) groups is 1. The van der Waals surface area contributed by atoms with Crippen LogP contribution in [-0.4, -0.2) is 30.6 Å². The average Bonchev–Trinajstić information content (AvgIpc) is 3.26. The number of nitrogens with zero attached hydrogens (tertiary/aromatic N) is 2. The predicted octanol–water partition coefficient (Wildman–Crippen LogP) is 4.44. The first kappa shape index (κ1) is 21.4. The highest BCUT2D eigenvalue weighted by Crippen LogP contribution is 2.31. The molecule has 0 spiro atoms. The summed E-state index contributed by atoms with van der Waals surface area (Å²) in [6, 6.07) is 2.34. The van der Waals surface area contributed by atoms with E-state index in [1.54, 1.807) is 0 Å². The van der Waals surface area contributed by atoms with Crippen molar-refractivity contribution in [1.82, 2.24) is 14.9 Å². The summed E-state index contributed by atoms with van der Waals surface area (Å²) >= 11 is 13.5. The number of halogens is 2. The van der Waals surface area contributed by atoms with E-state index in [0.717, 1.165) is 30.7 Å². The Kier molecular flexibility index (Phi) is 6.61. The van der Waals surface area contributed by atoms with Crippen molar-refractivity contribution in [3.63, 3.8) is 0 Å². The van der Waals surface area contributed by atoms with E-state index >= 15 is 0 Å². The fraction of sp³-hybridized carbons (Fsp3) is 0.471. The Morgan fingerprint density at radius 1 is 1.18 bits per heavy atom. The SMILES string of the molecule is CC(C)c1nnc(NC(=O)c2cc(S(=O)(=O)NC3CCCC3)c(Cl)cc2Cl)s1. The summed E-state index contributed by atoms with van der Waals surface area (Å²) in [5.41, 5.74) is -0.000777. The van der Waals surface area contributed by atoms with Crippen LogP contribution in [0.3, 0.4) is 0 Å². The second-order valence-electron chi connectivity index (χ2n) is 6.92. The van der Waals surface area contributed by atoms with Crippen LogP contribution in [0, 0.1) is 0 Å². The van der Waals surface area contributed by atoms with E-state index in [1.165, 1.54) is 23.5 Å². The van der Waals surface area contributed by atoms with E-state index < -0.39 is 15.9 Å². The molecule has 0 bridgehead atoms. The van der Waals surface area contributed by atoms with Crippen molar-refractivity contribution in [2.75, 3.05) is 5.32 Å². The minimum absolute atomic E-state index is 0.000777. The molecule has 0 radical (unpaired) electrons. The number of benzene rings is 1. The van der Waals surface area contributed by atoms with Crippen molar-refractivity contribution < 1.29 is 13.2 Å². The summed E-state index contributed by atoms with van der Waals surface area (Å²) in [7, 11) is -3.87. The highest BCUT2D eigenvalue weighted by Gasteiger charge is 2.27. The lowest BCUT2D eigenvalue weighted by molar-refractivity contribution is 0.102. The van der Waals surface area contributed by atoms with Crippen LogP contribution in [-0.2, 0) is 10.0 Å². The Morgan fingerprint density at radius 3 is 2.46 bits per heavy atom.